The second-order valence-electron chi connectivity index (χ2n) is 8.15. The van der Waals surface area contributed by atoms with Crippen LogP contribution in [0.4, 0.5) is 0 Å². The first kappa shape index (κ1) is 22.0. The van der Waals surface area contributed by atoms with E-state index in [0.29, 0.717) is 48.3 Å². The number of halogens is 1. The maximum absolute atomic E-state index is 13.1. The summed E-state index contributed by atoms with van der Waals surface area (Å²) in [5.74, 6) is 1.04. The van der Waals surface area contributed by atoms with Crippen molar-refractivity contribution in [2.45, 2.75) is 39.3 Å². The number of carbonyl (C=O) groups is 1. The Bertz CT molecular complexity index is 1130. The molecule has 168 valence electrons. The van der Waals surface area contributed by atoms with Crippen LogP contribution in [0.15, 0.2) is 12.1 Å². The topological polar surface area (TPSA) is 90.7 Å². The quantitative estimate of drug-likeness (QED) is 0.686. The van der Waals surface area contributed by atoms with Crippen LogP contribution in [0.1, 0.15) is 46.2 Å². The molecule has 2 aliphatic heterocycles. The van der Waals surface area contributed by atoms with Gasteiger partial charge in [-0.3, -0.25) is 9.48 Å². The van der Waals surface area contributed by atoms with E-state index in [2.05, 4.69) is 5.10 Å². The molecule has 0 radical (unpaired) electrons. The molecule has 1 fully saturated rings. The number of aromatic nitrogens is 2. The summed E-state index contributed by atoms with van der Waals surface area (Å²) in [5.41, 5.74) is 3.01. The Morgan fingerprint density at radius 2 is 2.03 bits per heavy atom. The Labute approximate surface area is 187 Å². The lowest BCUT2D eigenvalue weighted by Gasteiger charge is -2.19. The number of amides is 1. The van der Waals surface area contributed by atoms with E-state index in [1.165, 1.54) is 0 Å². The minimum Gasteiger partial charge on any atom is -0.489 e. The number of rotatable bonds is 4. The van der Waals surface area contributed by atoms with Crippen LogP contribution in [0.5, 0.6) is 11.5 Å². The van der Waals surface area contributed by atoms with Crippen LogP contribution in [-0.4, -0.2) is 60.8 Å². The van der Waals surface area contributed by atoms with Crippen LogP contribution >= 0.6 is 11.6 Å². The van der Waals surface area contributed by atoms with Crippen LogP contribution in [-0.2, 0) is 16.4 Å². The van der Waals surface area contributed by atoms with Crippen LogP contribution in [0.25, 0.3) is 0 Å². The predicted octanol–water partition coefficient (Wildman–Crippen LogP) is 2.95. The Kier molecular flexibility index (Phi) is 5.91. The molecule has 0 N–H and O–H groups in total. The van der Waals surface area contributed by atoms with Crippen molar-refractivity contribution >= 4 is 27.3 Å². The minimum atomic E-state index is -3.01. The van der Waals surface area contributed by atoms with Gasteiger partial charge in [0.2, 0.25) is 0 Å². The summed E-state index contributed by atoms with van der Waals surface area (Å²) in [6.07, 6.45) is 1.31. The van der Waals surface area contributed by atoms with E-state index in [9.17, 15) is 13.2 Å². The predicted molar refractivity (Wildman–Crippen MR) is 117 cm³/mol. The number of sulfone groups is 1. The molecule has 1 aromatic heterocycles. The fourth-order valence-corrected chi connectivity index (χ4v) is 6.09. The van der Waals surface area contributed by atoms with Crippen LogP contribution in [0.2, 0.25) is 5.02 Å². The fraction of sp³-hybridized carbons (Fsp3) is 0.524. The number of nitrogens with zero attached hydrogens (tertiary/aromatic N) is 3. The second-order valence-corrected chi connectivity index (χ2v) is 10.8. The zero-order chi connectivity index (χ0) is 22.3. The highest BCUT2D eigenvalue weighted by Crippen LogP contribution is 2.38. The lowest BCUT2D eigenvalue weighted by molar-refractivity contribution is 0.0784. The molecule has 0 spiro atoms. The first-order valence-corrected chi connectivity index (χ1v) is 12.5. The Balaban J connectivity index is 1.55. The molecule has 1 aromatic carbocycles. The molecule has 8 nitrogen and oxygen atoms in total. The Morgan fingerprint density at radius 1 is 1.29 bits per heavy atom. The van der Waals surface area contributed by atoms with Gasteiger partial charge in [0, 0.05) is 36.8 Å². The molecule has 0 bridgehead atoms. The number of aryl methyl sites for hydroxylation is 1. The second kappa shape index (κ2) is 8.35. The van der Waals surface area contributed by atoms with E-state index < -0.39 is 9.84 Å². The monoisotopic (exact) mass is 467 g/mol. The number of hydrogen-bond acceptors (Lipinski definition) is 6. The third-order valence-electron chi connectivity index (χ3n) is 5.82. The summed E-state index contributed by atoms with van der Waals surface area (Å²) in [5, 5.41) is 4.93. The normalized spacial score (nSPS) is 19.8. The van der Waals surface area contributed by atoms with Crippen molar-refractivity contribution in [3.63, 3.8) is 0 Å². The van der Waals surface area contributed by atoms with E-state index in [-0.39, 0.29) is 23.5 Å². The number of benzene rings is 1. The van der Waals surface area contributed by atoms with Crippen molar-refractivity contribution in [3.8, 4) is 11.5 Å². The molecule has 2 aliphatic rings. The third kappa shape index (κ3) is 4.39. The van der Waals surface area contributed by atoms with Gasteiger partial charge < -0.3 is 14.4 Å². The van der Waals surface area contributed by atoms with Crippen molar-refractivity contribution in [1.29, 1.82) is 0 Å². The van der Waals surface area contributed by atoms with Gasteiger partial charge in [0.25, 0.3) is 5.91 Å². The lowest BCUT2D eigenvalue weighted by Crippen LogP contribution is -2.27. The lowest BCUT2D eigenvalue weighted by atomic mass is 10.1. The van der Waals surface area contributed by atoms with Gasteiger partial charge >= 0.3 is 0 Å². The van der Waals surface area contributed by atoms with Crippen molar-refractivity contribution < 1.29 is 22.7 Å². The minimum absolute atomic E-state index is 0.110. The van der Waals surface area contributed by atoms with Crippen LogP contribution in [0.3, 0.4) is 0 Å². The highest BCUT2D eigenvalue weighted by Gasteiger charge is 2.32. The molecule has 0 saturated carbocycles. The molecule has 4 rings (SSSR count). The molecule has 0 aliphatic carbocycles. The van der Waals surface area contributed by atoms with Gasteiger partial charge in [-0.2, -0.15) is 5.10 Å². The molecule has 3 heterocycles. The summed E-state index contributed by atoms with van der Waals surface area (Å²) in [6.45, 7) is 5.17. The zero-order valence-corrected chi connectivity index (χ0v) is 19.4. The largest absolute Gasteiger partial charge is 0.489 e. The number of fused-ring (bicyclic) bond motifs is 1. The van der Waals surface area contributed by atoms with Gasteiger partial charge in [-0.15, -0.1) is 0 Å². The molecule has 1 unspecified atom stereocenters. The molecule has 31 heavy (non-hydrogen) atoms. The molecule has 2 aromatic rings. The first-order valence-electron chi connectivity index (χ1n) is 10.3. The van der Waals surface area contributed by atoms with Crippen LogP contribution < -0.4 is 9.47 Å². The molecule has 1 atom stereocenters. The van der Waals surface area contributed by atoms with E-state index in [4.69, 9.17) is 21.1 Å². The summed E-state index contributed by atoms with van der Waals surface area (Å²) in [7, 11) is -1.29. The summed E-state index contributed by atoms with van der Waals surface area (Å²) >= 11 is 6.34. The van der Waals surface area contributed by atoms with Gasteiger partial charge in [-0.1, -0.05) is 11.6 Å². The molecular formula is C21H26ClN3O5S. The SMILES string of the molecule is Cc1nn(C2CCS(=O)(=O)C2)c(C)c1CN(C)C(=O)c1cc(Cl)c2c(c1)OCCCO2. The van der Waals surface area contributed by atoms with Gasteiger partial charge in [0.05, 0.1) is 41.5 Å². The average Bonchev–Trinajstić information content (AvgIpc) is 3.08. The highest BCUT2D eigenvalue weighted by molar-refractivity contribution is 7.91. The average molecular weight is 468 g/mol. The van der Waals surface area contributed by atoms with Crippen molar-refractivity contribution in [1.82, 2.24) is 14.7 Å². The standard InChI is InChI=1S/C21H26ClN3O5S/c1-13-17(14(2)25(23-13)16-5-8-31(27,28)12-16)11-24(3)21(26)15-9-18(22)20-19(10-15)29-6-4-7-30-20/h9-10,16H,4-8,11-12H2,1-3H3. The number of carbonyl (C=O) groups excluding carboxylic acids is 1. The van der Waals surface area contributed by atoms with Crippen molar-refractivity contribution in [2.75, 3.05) is 31.8 Å². The maximum atomic E-state index is 13.1. The fourth-order valence-electron chi connectivity index (χ4n) is 4.13. The molecular weight excluding hydrogens is 442 g/mol. The molecule has 10 heteroatoms. The Morgan fingerprint density at radius 3 is 2.74 bits per heavy atom. The van der Waals surface area contributed by atoms with E-state index in [1.54, 1.807) is 28.8 Å². The van der Waals surface area contributed by atoms with Gasteiger partial charge in [-0.25, -0.2) is 8.42 Å². The van der Waals surface area contributed by atoms with Crippen LogP contribution in [0, 0.1) is 13.8 Å². The van der Waals surface area contributed by atoms with E-state index in [1.807, 2.05) is 13.8 Å². The summed E-state index contributed by atoms with van der Waals surface area (Å²) in [4.78, 5) is 14.7. The smallest absolute Gasteiger partial charge is 0.254 e. The third-order valence-corrected chi connectivity index (χ3v) is 7.85. The van der Waals surface area contributed by atoms with Crippen molar-refractivity contribution in [3.05, 3.63) is 39.7 Å². The first-order chi connectivity index (χ1) is 14.7. The van der Waals surface area contributed by atoms with E-state index in [0.717, 1.165) is 23.4 Å². The van der Waals surface area contributed by atoms with Crippen molar-refractivity contribution in [2.24, 2.45) is 0 Å². The summed E-state index contributed by atoms with van der Waals surface area (Å²) < 4.78 is 36.9. The number of hydrogen-bond donors (Lipinski definition) is 0. The van der Waals surface area contributed by atoms with E-state index >= 15 is 0 Å². The highest BCUT2D eigenvalue weighted by atomic mass is 35.5. The Hall–Kier alpha value is -2.26. The molecule has 1 amide bonds. The van der Waals surface area contributed by atoms with Gasteiger partial charge in [0.15, 0.2) is 21.3 Å². The van der Waals surface area contributed by atoms with Gasteiger partial charge in [0.1, 0.15) is 0 Å². The zero-order valence-electron chi connectivity index (χ0n) is 17.9. The number of ether oxygens (including phenoxy) is 2. The summed E-state index contributed by atoms with van der Waals surface area (Å²) in [6, 6.07) is 3.11. The molecule has 1 saturated heterocycles. The maximum Gasteiger partial charge on any atom is 0.254 e. The van der Waals surface area contributed by atoms with Gasteiger partial charge in [-0.05, 0) is 32.4 Å².